The van der Waals surface area contributed by atoms with Gasteiger partial charge in [-0.3, -0.25) is 9.36 Å². The molecule has 1 saturated heterocycles. The fourth-order valence-electron chi connectivity index (χ4n) is 2.45. The first-order valence-corrected chi connectivity index (χ1v) is 10.0. The predicted molar refractivity (Wildman–Crippen MR) is 99.3 cm³/mol. The molecule has 0 N–H and O–H groups in total. The van der Waals surface area contributed by atoms with Gasteiger partial charge in [0.05, 0.1) is 30.2 Å². The second-order valence-corrected chi connectivity index (χ2v) is 7.95. The maximum atomic E-state index is 12.9. The molecule has 0 atom stereocenters. The molecule has 2 aromatic heterocycles. The number of thiophene rings is 1. The third-order valence-corrected chi connectivity index (χ3v) is 5.96. The van der Waals surface area contributed by atoms with Gasteiger partial charge in [0.25, 0.3) is 5.56 Å². The quantitative estimate of drug-likeness (QED) is 0.472. The van der Waals surface area contributed by atoms with Crippen molar-refractivity contribution in [2.75, 3.05) is 19.0 Å². The Bertz CT molecular complexity index is 917. The van der Waals surface area contributed by atoms with E-state index in [1.165, 1.54) is 23.1 Å². The van der Waals surface area contributed by atoms with Crippen molar-refractivity contribution < 1.29 is 9.47 Å². The maximum absolute atomic E-state index is 12.9. The normalized spacial score (nSPS) is 15.4. The Morgan fingerprint density at radius 2 is 2.00 bits per heavy atom. The smallest absolute Gasteiger partial charge is 0.276 e. The van der Waals surface area contributed by atoms with E-state index in [9.17, 15) is 4.79 Å². The number of benzene rings is 1. The van der Waals surface area contributed by atoms with Crippen LogP contribution in [0.1, 0.15) is 0 Å². The summed E-state index contributed by atoms with van der Waals surface area (Å²) in [5.41, 5.74) is 1.48. The van der Waals surface area contributed by atoms with Crippen molar-refractivity contribution in [3.05, 3.63) is 50.5 Å². The van der Waals surface area contributed by atoms with E-state index in [2.05, 4.69) is 20.9 Å². The van der Waals surface area contributed by atoms with Crippen molar-refractivity contribution in [3.63, 3.8) is 0 Å². The standard InChI is InChI=1S/C16H13BrN2O3S2/c17-10-1-3-11(4-2-10)19-15(20)14-12(5-8-23-14)18-16(19)24-9-13-21-6-7-22-13/h1-5,8,13H,6-7,9H2. The third kappa shape index (κ3) is 3.16. The van der Waals surface area contributed by atoms with Gasteiger partial charge in [0.2, 0.25) is 0 Å². The molecule has 0 radical (unpaired) electrons. The minimum Gasteiger partial charge on any atom is -0.349 e. The zero-order chi connectivity index (χ0) is 16.5. The van der Waals surface area contributed by atoms with E-state index in [0.717, 1.165) is 15.7 Å². The van der Waals surface area contributed by atoms with Crippen molar-refractivity contribution in [2.24, 2.45) is 0 Å². The maximum Gasteiger partial charge on any atom is 0.276 e. The van der Waals surface area contributed by atoms with Crippen LogP contribution in [0.2, 0.25) is 0 Å². The van der Waals surface area contributed by atoms with Crippen LogP contribution in [0.5, 0.6) is 0 Å². The Morgan fingerprint density at radius 3 is 2.75 bits per heavy atom. The Hall–Kier alpha value is -1.19. The van der Waals surface area contributed by atoms with Gasteiger partial charge in [0, 0.05) is 4.47 Å². The number of rotatable bonds is 4. The summed E-state index contributed by atoms with van der Waals surface area (Å²) in [6.45, 7) is 1.23. The lowest BCUT2D eigenvalue weighted by Gasteiger charge is -2.13. The molecule has 1 fully saturated rings. The molecule has 4 rings (SSSR count). The summed E-state index contributed by atoms with van der Waals surface area (Å²) in [6.07, 6.45) is -0.247. The van der Waals surface area contributed by atoms with E-state index in [1.807, 2.05) is 35.7 Å². The Morgan fingerprint density at radius 1 is 1.25 bits per heavy atom. The molecule has 0 bridgehead atoms. The van der Waals surface area contributed by atoms with Crippen LogP contribution in [0.15, 0.2) is 50.1 Å². The van der Waals surface area contributed by atoms with Crippen LogP contribution in [0, 0.1) is 0 Å². The summed E-state index contributed by atoms with van der Waals surface area (Å²) in [7, 11) is 0. The van der Waals surface area contributed by atoms with Gasteiger partial charge in [0.15, 0.2) is 11.4 Å². The van der Waals surface area contributed by atoms with Crippen LogP contribution in [0.4, 0.5) is 0 Å². The van der Waals surface area contributed by atoms with Crippen molar-refractivity contribution in [3.8, 4) is 5.69 Å². The van der Waals surface area contributed by atoms with Gasteiger partial charge in [-0.25, -0.2) is 4.98 Å². The SMILES string of the molecule is O=c1c2sccc2nc(SCC2OCCO2)n1-c1ccc(Br)cc1. The second-order valence-electron chi connectivity index (χ2n) is 5.13. The molecule has 1 aliphatic rings. The molecule has 124 valence electrons. The lowest BCUT2D eigenvalue weighted by molar-refractivity contribution is -0.0215. The highest BCUT2D eigenvalue weighted by Gasteiger charge is 2.19. The van der Waals surface area contributed by atoms with Crippen molar-refractivity contribution in [2.45, 2.75) is 11.4 Å². The fraction of sp³-hybridized carbons (Fsp3) is 0.250. The first kappa shape index (κ1) is 16.3. The van der Waals surface area contributed by atoms with Gasteiger partial charge in [-0.2, -0.15) is 0 Å². The topological polar surface area (TPSA) is 53.4 Å². The van der Waals surface area contributed by atoms with Crippen LogP contribution in [-0.4, -0.2) is 34.8 Å². The zero-order valence-electron chi connectivity index (χ0n) is 12.5. The van der Waals surface area contributed by atoms with Crippen LogP contribution in [0.25, 0.3) is 15.9 Å². The van der Waals surface area contributed by atoms with E-state index in [1.54, 1.807) is 4.57 Å². The summed E-state index contributed by atoms with van der Waals surface area (Å²) >= 11 is 6.31. The van der Waals surface area contributed by atoms with Crippen LogP contribution < -0.4 is 5.56 Å². The minimum absolute atomic E-state index is 0.0481. The zero-order valence-corrected chi connectivity index (χ0v) is 15.7. The summed E-state index contributed by atoms with van der Waals surface area (Å²) in [6, 6.07) is 9.51. The van der Waals surface area contributed by atoms with Gasteiger partial charge in [-0.05, 0) is 35.7 Å². The molecule has 0 amide bonds. The Kier molecular flexibility index (Phi) is 4.73. The number of aromatic nitrogens is 2. The third-order valence-electron chi connectivity index (χ3n) is 3.57. The average Bonchev–Trinajstić information content (AvgIpc) is 3.25. The van der Waals surface area contributed by atoms with Crippen LogP contribution in [-0.2, 0) is 9.47 Å². The van der Waals surface area contributed by atoms with E-state index in [0.29, 0.717) is 28.8 Å². The lowest BCUT2D eigenvalue weighted by Crippen LogP contribution is -2.22. The summed E-state index contributed by atoms with van der Waals surface area (Å²) in [4.78, 5) is 17.6. The summed E-state index contributed by atoms with van der Waals surface area (Å²) < 4.78 is 14.2. The van der Waals surface area contributed by atoms with E-state index < -0.39 is 0 Å². The lowest BCUT2D eigenvalue weighted by atomic mass is 10.3. The predicted octanol–water partition coefficient (Wildman–Crippen LogP) is 3.67. The molecule has 0 spiro atoms. The summed E-state index contributed by atoms with van der Waals surface area (Å²) in [5.74, 6) is 0.596. The molecular formula is C16H13BrN2O3S2. The van der Waals surface area contributed by atoms with Gasteiger partial charge in [0.1, 0.15) is 4.70 Å². The highest BCUT2D eigenvalue weighted by molar-refractivity contribution is 9.10. The monoisotopic (exact) mass is 424 g/mol. The Labute approximate surface area is 154 Å². The second kappa shape index (κ2) is 6.97. The number of nitrogens with zero attached hydrogens (tertiary/aromatic N) is 2. The van der Waals surface area contributed by atoms with Crippen LogP contribution in [0.3, 0.4) is 0 Å². The van der Waals surface area contributed by atoms with Crippen molar-refractivity contribution in [1.29, 1.82) is 0 Å². The van der Waals surface area contributed by atoms with Gasteiger partial charge in [-0.1, -0.05) is 27.7 Å². The number of ether oxygens (including phenoxy) is 2. The highest BCUT2D eigenvalue weighted by atomic mass is 79.9. The van der Waals surface area contributed by atoms with E-state index >= 15 is 0 Å². The van der Waals surface area contributed by atoms with Gasteiger partial charge < -0.3 is 9.47 Å². The molecular weight excluding hydrogens is 412 g/mol. The molecule has 3 heterocycles. The highest BCUT2D eigenvalue weighted by Crippen LogP contribution is 2.26. The van der Waals surface area contributed by atoms with Gasteiger partial charge >= 0.3 is 0 Å². The molecule has 0 unspecified atom stereocenters. The number of hydrogen-bond acceptors (Lipinski definition) is 6. The van der Waals surface area contributed by atoms with E-state index in [-0.39, 0.29) is 11.8 Å². The minimum atomic E-state index is -0.247. The first-order valence-electron chi connectivity index (χ1n) is 7.34. The molecule has 5 nitrogen and oxygen atoms in total. The first-order chi connectivity index (χ1) is 11.7. The number of halogens is 1. The molecule has 0 saturated carbocycles. The average molecular weight is 425 g/mol. The largest absolute Gasteiger partial charge is 0.349 e. The Balaban J connectivity index is 1.78. The van der Waals surface area contributed by atoms with E-state index in [4.69, 9.17) is 9.47 Å². The molecule has 1 aliphatic heterocycles. The van der Waals surface area contributed by atoms with Gasteiger partial charge in [-0.15, -0.1) is 11.3 Å². The van der Waals surface area contributed by atoms with Crippen molar-refractivity contribution >= 4 is 49.2 Å². The number of fused-ring (bicyclic) bond motifs is 1. The number of hydrogen-bond donors (Lipinski definition) is 0. The molecule has 0 aliphatic carbocycles. The molecule has 24 heavy (non-hydrogen) atoms. The summed E-state index contributed by atoms with van der Waals surface area (Å²) in [5, 5.41) is 2.54. The van der Waals surface area contributed by atoms with Crippen LogP contribution >= 0.6 is 39.0 Å². The molecule has 3 aromatic rings. The van der Waals surface area contributed by atoms with Crippen molar-refractivity contribution in [1.82, 2.24) is 9.55 Å². The number of thioether (sulfide) groups is 1. The molecule has 1 aromatic carbocycles. The fourth-order valence-corrected chi connectivity index (χ4v) is 4.43. The molecule has 8 heteroatoms.